The Labute approximate surface area is 382 Å². The first kappa shape index (κ1) is 43.7. The number of hydrogen-bond acceptors (Lipinski definition) is 1. The lowest BCUT2D eigenvalue weighted by atomic mass is 9.75. The van der Waals surface area contributed by atoms with Crippen molar-refractivity contribution in [2.45, 2.75) is 90.9 Å². The summed E-state index contributed by atoms with van der Waals surface area (Å²) in [7, 11) is 2.82. The van der Waals surface area contributed by atoms with E-state index < -0.39 is 8.07 Å². The number of hydroxylamine groups is 3. The molecule has 0 aliphatic heterocycles. The van der Waals surface area contributed by atoms with Gasteiger partial charge in [0, 0.05) is 16.2 Å². The number of nitrogens with zero attached hydrogens (tertiary/aromatic N) is 1. The lowest BCUT2D eigenvalue weighted by molar-refractivity contribution is -1.03. The molecule has 0 amide bonds. The maximum Gasteiger partial charge on any atom is 0.198 e. The SMILES string of the molecule is CCCCCCCCC1(C)c2cc(-c3cc(F)cc([Si](C4=c5ccc6ccccc6c5=C[C@H]4C)(c4ccccc4)c4ccccc4)c3O[N+](C)(C)C)ccc2-c2ccc(C(C)C)cc21. The van der Waals surface area contributed by atoms with Gasteiger partial charge in [-0.05, 0) is 101 Å². The predicted octanol–water partition coefficient (Wildman–Crippen LogP) is 12.1. The topological polar surface area (TPSA) is 9.23 Å². The van der Waals surface area contributed by atoms with Crippen LogP contribution in [0.2, 0.25) is 0 Å². The number of fused-ring (bicyclic) bond motifs is 6. The van der Waals surface area contributed by atoms with Crippen LogP contribution in [0.25, 0.3) is 44.3 Å². The van der Waals surface area contributed by atoms with E-state index in [-0.39, 0.29) is 21.8 Å². The zero-order valence-corrected chi connectivity index (χ0v) is 40.3. The van der Waals surface area contributed by atoms with E-state index in [2.05, 4.69) is 195 Å². The second-order valence-corrected chi connectivity index (χ2v) is 23.7. The second-order valence-electron chi connectivity index (χ2n) is 20.0. The molecule has 0 spiro atoms. The molecule has 0 radical (unpaired) electrons. The minimum atomic E-state index is -3.37. The first-order chi connectivity index (χ1) is 30.8. The lowest BCUT2D eigenvalue weighted by Crippen LogP contribution is -2.70. The third-order valence-electron chi connectivity index (χ3n) is 14.3. The lowest BCUT2D eigenvalue weighted by Gasteiger charge is -2.39. The van der Waals surface area contributed by atoms with Crippen LogP contribution >= 0.6 is 0 Å². The van der Waals surface area contributed by atoms with E-state index in [1.54, 1.807) is 6.07 Å². The maximum atomic E-state index is 17.4. The van der Waals surface area contributed by atoms with Crippen LogP contribution in [0, 0.1) is 11.7 Å². The number of benzene rings is 7. The summed E-state index contributed by atoms with van der Waals surface area (Å²) in [6.07, 6.45) is 11.1. The van der Waals surface area contributed by atoms with Crippen molar-refractivity contribution >= 4 is 45.7 Å². The molecule has 0 fully saturated rings. The molecule has 4 heteroatoms. The molecule has 2 aliphatic rings. The van der Waals surface area contributed by atoms with Crippen molar-refractivity contribution in [2.75, 3.05) is 21.1 Å². The Balaban J connectivity index is 1.34. The molecule has 2 atom stereocenters. The third-order valence-corrected chi connectivity index (χ3v) is 19.4. The van der Waals surface area contributed by atoms with Gasteiger partial charge in [0.2, 0.25) is 0 Å². The number of unbranched alkanes of at least 4 members (excludes halogenated alkanes) is 5. The molecule has 9 rings (SSSR count). The molecule has 1 unspecified atom stereocenters. The van der Waals surface area contributed by atoms with Gasteiger partial charge in [0.1, 0.15) is 27.0 Å². The molecule has 326 valence electrons. The largest absolute Gasteiger partial charge is 0.315 e. The van der Waals surface area contributed by atoms with Crippen molar-refractivity contribution in [3.05, 3.63) is 179 Å². The molecule has 7 aromatic carbocycles. The van der Waals surface area contributed by atoms with Crippen LogP contribution in [0.15, 0.2) is 146 Å². The van der Waals surface area contributed by atoms with Crippen LogP contribution in [0.4, 0.5) is 4.39 Å². The fourth-order valence-electron chi connectivity index (χ4n) is 11.3. The number of rotatable bonds is 15. The van der Waals surface area contributed by atoms with Crippen LogP contribution in [0.3, 0.4) is 0 Å². The Bertz CT molecular complexity index is 2930. The van der Waals surface area contributed by atoms with Crippen molar-refractivity contribution in [3.8, 4) is 28.0 Å². The predicted molar refractivity (Wildman–Crippen MR) is 272 cm³/mol. The molecule has 0 bridgehead atoms. The quantitative estimate of drug-likeness (QED) is 0.0328. The smallest absolute Gasteiger partial charge is 0.198 e. The first-order valence-electron chi connectivity index (χ1n) is 23.8. The van der Waals surface area contributed by atoms with E-state index in [4.69, 9.17) is 4.84 Å². The van der Waals surface area contributed by atoms with Crippen LogP contribution < -0.4 is 30.8 Å². The van der Waals surface area contributed by atoms with Crippen LogP contribution in [0.5, 0.6) is 5.75 Å². The Morgan fingerprint density at radius 2 is 1.30 bits per heavy atom. The minimum absolute atomic E-state index is 0.0773. The summed E-state index contributed by atoms with van der Waals surface area (Å²) in [5, 5.41) is 9.68. The van der Waals surface area contributed by atoms with Crippen LogP contribution in [-0.2, 0) is 5.41 Å². The molecular formula is C60H65FNOSi+. The Hall–Kier alpha value is -5.55. The molecule has 0 aromatic heterocycles. The summed E-state index contributed by atoms with van der Waals surface area (Å²) >= 11 is 0. The summed E-state index contributed by atoms with van der Waals surface area (Å²) < 4.78 is 17.6. The maximum absolute atomic E-state index is 17.4. The zero-order chi connectivity index (χ0) is 44.8. The van der Waals surface area contributed by atoms with Crippen molar-refractivity contribution in [1.82, 2.24) is 0 Å². The zero-order valence-electron chi connectivity index (χ0n) is 39.3. The summed E-state index contributed by atoms with van der Waals surface area (Å²) in [4.78, 5) is 7.34. The van der Waals surface area contributed by atoms with E-state index in [1.807, 2.05) is 6.07 Å². The van der Waals surface area contributed by atoms with Gasteiger partial charge >= 0.3 is 0 Å². The number of hydrogen-bond donors (Lipinski definition) is 0. The third kappa shape index (κ3) is 7.67. The minimum Gasteiger partial charge on any atom is -0.315 e. The highest BCUT2D eigenvalue weighted by Gasteiger charge is 2.49. The van der Waals surface area contributed by atoms with Gasteiger partial charge < -0.3 is 4.84 Å². The van der Waals surface area contributed by atoms with Gasteiger partial charge in [-0.15, -0.1) is 4.65 Å². The Kier molecular flexibility index (Phi) is 11.9. The van der Waals surface area contributed by atoms with E-state index >= 15 is 4.39 Å². The van der Waals surface area contributed by atoms with Gasteiger partial charge in [-0.2, -0.15) is 0 Å². The highest BCUT2D eigenvalue weighted by Crippen LogP contribution is 2.53. The fourth-order valence-corrected chi connectivity index (χ4v) is 16.8. The van der Waals surface area contributed by atoms with Gasteiger partial charge in [-0.3, -0.25) is 0 Å². The number of quaternary nitrogens is 1. The van der Waals surface area contributed by atoms with Gasteiger partial charge in [0.25, 0.3) is 0 Å². The normalized spacial score (nSPS) is 16.8. The van der Waals surface area contributed by atoms with E-state index in [9.17, 15) is 0 Å². The van der Waals surface area contributed by atoms with Crippen molar-refractivity contribution < 1.29 is 13.9 Å². The van der Waals surface area contributed by atoms with Gasteiger partial charge in [-0.25, -0.2) is 4.39 Å². The molecule has 7 aromatic rings. The van der Waals surface area contributed by atoms with Gasteiger partial charge in [-0.1, -0.05) is 212 Å². The molecule has 2 aliphatic carbocycles. The Morgan fingerprint density at radius 1 is 0.672 bits per heavy atom. The molecule has 0 heterocycles. The highest BCUT2D eigenvalue weighted by molar-refractivity contribution is 7.22. The van der Waals surface area contributed by atoms with E-state index in [0.717, 1.165) is 28.5 Å². The Morgan fingerprint density at radius 3 is 1.97 bits per heavy atom. The second kappa shape index (κ2) is 17.4. The van der Waals surface area contributed by atoms with Crippen molar-refractivity contribution in [1.29, 1.82) is 0 Å². The highest BCUT2D eigenvalue weighted by atomic mass is 28.3. The molecule has 2 nitrogen and oxygen atoms in total. The van der Waals surface area contributed by atoms with Crippen molar-refractivity contribution in [2.24, 2.45) is 5.92 Å². The van der Waals surface area contributed by atoms with Crippen LogP contribution in [-0.4, -0.2) is 33.9 Å². The van der Waals surface area contributed by atoms with Gasteiger partial charge in [0.15, 0.2) is 13.8 Å². The van der Waals surface area contributed by atoms with E-state index in [1.165, 1.54) is 103 Å². The van der Waals surface area contributed by atoms with Crippen molar-refractivity contribution in [3.63, 3.8) is 0 Å². The molecule has 0 saturated carbocycles. The number of halogens is 1. The molecule has 0 saturated heterocycles. The average molecular weight is 863 g/mol. The molecule has 0 N–H and O–H groups in total. The first-order valence-corrected chi connectivity index (χ1v) is 25.8. The van der Waals surface area contributed by atoms with Crippen LogP contribution in [0.1, 0.15) is 102 Å². The monoisotopic (exact) mass is 862 g/mol. The van der Waals surface area contributed by atoms with E-state index in [0.29, 0.717) is 5.92 Å². The standard InChI is InChI=1S/C60H65FNOSi/c1-9-10-11-12-13-22-35-60(5)55-37-44(41(2)3)30-32-50(55)51-33-31-45(38-56(51)60)53-39-46(61)40-57(58(53)63-62(6,7)8)64(47-24-16-14-17-25-47,48-26-18-15-19-27-48)59-42(4)36-54-49-28-21-20-23-43(49)29-34-52(54)59/h14-21,23-34,36-42H,9-13,22,35H2,1-8H3/q+1/t42-,60?/m1/s1. The summed E-state index contributed by atoms with van der Waals surface area (Å²) in [5.74, 6) is 1.01. The average Bonchev–Trinajstić information content (AvgIpc) is 3.76. The van der Waals surface area contributed by atoms with Gasteiger partial charge in [0.05, 0.1) is 0 Å². The summed E-state index contributed by atoms with van der Waals surface area (Å²) in [5.41, 5.74) is 8.36. The molecular weight excluding hydrogens is 798 g/mol. The summed E-state index contributed by atoms with van der Waals surface area (Å²) in [6, 6.07) is 52.9. The fraction of sp³-hybridized carbons (Fsp3) is 0.300. The summed E-state index contributed by atoms with van der Waals surface area (Å²) in [6.45, 7) is 11.7. The molecule has 64 heavy (non-hydrogen) atoms.